The lowest BCUT2D eigenvalue weighted by Crippen LogP contribution is -2.39. The van der Waals surface area contributed by atoms with E-state index in [9.17, 15) is 4.79 Å². The lowest BCUT2D eigenvalue weighted by molar-refractivity contribution is -0.119. The molecule has 4 rings (SSSR count). The Labute approximate surface area is 150 Å². The summed E-state index contributed by atoms with van der Waals surface area (Å²) in [6, 6.07) is 10.9. The zero-order valence-electron chi connectivity index (χ0n) is 14.1. The van der Waals surface area contributed by atoms with Gasteiger partial charge >= 0.3 is 0 Å². The van der Waals surface area contributed by atoms with Gasteiger partial charge in [0.25, 0.3) is 0 Å². The van der Waals surface area contributed by atoms with Crippen LogP contribution in [0.2, 0.25) is 0 Å². The molecule has 2 atom stereocenters. The zero-order valence-corrected chi connectivity index (χ0v) is 14.1. The van der Waals surface area contributed by atoms with Crippen LogP contribution in [0.5, 0.6) is 0 Å². The minimum absolute atomic E-state index is 0.193. The Hall–Kier alpha value is -3.55. The molecule has 2 unspecified atom stereocenters. The molecule has 0 aliphatic carbocycles. The molecule has 2 N–H and O–H groups in total. The van der Waals surface area contributed by atoms with E-state index in [4.69, 9.17) is 0 Å². The summed E-state index contributed by atoms with van der Waals surface area (Å²) in [6.07, 6.45) is 3.39. The number of nitrogens with one attached hydrogen (secondary N) is 2. The molecule has 8 nitrogen and oxygen atoms in total. The molecule has 0 radical (unpaired) electrons. The maximum Gasteiger partial charge on any atom is 0.247 e. The van der Waals surface area contributed by atoms with Crippen LogP contribution in [0.25, 0.3) is 0 Å². The number of benzene rings is 1. The molecule has 26 heavy (non-hydrogen) atoms. The van der Waals surface area contributed by atoms with Crippen molar-refractivity contribution in [2.75, 3.05) is 10.6 Å². The molecule has 0 saturated heterocycles. The van der Waals surface area contributed by atoms with Gasteiger partial charge in [-0.15, -0.1) is 0 Å². The fraction of sp³-hybridized carbons (Fsp3) is 0.167. The number of nitrogens with zero attached hydrogens (tertiary/aromatic N) is 5. The average Bonchev–Trinajstić information content (AvgIpc) is 3.11. The SMILES string of the molecule is C=C1Nc2nnnn2C(c2cccnc2)C1C(=O)Nc1ccc(C)cc1. The van der Waals surface area contributed by atoms with Crippen LogP contribution in [-0.2, 0) is 4.79 Å². The maximum absolute atomic E-state index is 13.1. The Morgan fingerprint density at radius 2 is 2.08 bits per heavy atom. The molecule has 3 aromatic rings. The van der Waals surface area contributed by atoms with Crippen molar-refractivity contribution in [2.45, 2.75) is 13.0 Å². The first-order valence-electron chi connectivity index (χ1n) is 8.14. The third-order valence-electron chi connectivity index (χ3n) is 4.35. The van der Waals surface area contributed by atoms with Gasteiger partial charge in [-0.05, 0) is 41.1 Å². The molecule has 0 bridgehead atoms. The Bertz CT molecular complexity index is 949. The van der Waals surface area contributed by atoms with Gasteiger partial charge in [0.05, 0.1) is 0 Å². The van der Waals surface area contributed by atoms with E-state index in [0.29, 0.717) is 11.6 Å². The number of hydrogen-bond donors (Lipinski definition) is 2. The third kappa shape index (κ3) is 2.81. The first kappa shape index (κ1) is 15.9. The number of carbonyl (C=O) groups is 1. The highest BCUT2D eigenvalue weighted by atomic mass is 16.2. The summed E-state index contributed by atoms with van der Waals surface area (Å²) >= 11 is 0. The minimum atomic E-state index is -0.600. The fourth-order valence-corrected chi connectivity index (χ4v) is 3.06. The van der Waals surface area contributed by atoms with E-state index in [-0.39, 0.29) is 5.91 Å². The van der Waals surface area contributed by atoms with E-state index < -0.39 is 12.0 Å². The van der Waals surface area contributed by atoms with Gasteiger partial charge in [-0.3, -0.25) is 9.78 Å². The van der Waals surface area contributed by atoms with Gasteiger partial charge in [0, 0.05) is 23.8 Å². The lowest BCUT2D eigenvalue weighted by Gasteiger charge is -2.32. The number of carbonyl (C=O) groups excluding carboxylic acids is 1. The van der Waals surface area contributed by atoms with Gasteiger partial charge < -0.3 is 10.6 Å². The molecular formula is C18H17N7O. The van der Waals surface area contributed by atoms with Gasteiger partial charge in [-0.1, -0.05) is 35.4 Å². The number of fused-ring (bicyclic) bond motifs is 1. The van der Waals surface area contributed by atoms with Crippen molar-refractivity contribution in [3.8, 4) is 0 Å². The van der Waals surface area contributed by atoms with Gasteiger partial charge in [-0.2, -0.15) is 0 Å². The van der Waals surface area contributed by atoms with Crippen LogP contribution in [0.15, 0.2) is 61.1 Å². The summed E-state index contributed by atoms with van der Waals surface area (Å²) in [5.74, 6) is -0.346. The normalized spacial score (nSPS) is 18.7. The smallest absolute Gasteiger partial charge is 0.247 e. The first-order valence-corrected chi connectivity index (χ1v) is 8.14. The molecule has 1 aliphatic heterocycles. The molecule has 3 heterocycles. The van der Waals surface area contributed by atoms with E-state index in [1.54, 1.807) is 17.1 Å². The number of anilines is 2. The molecule has 0 spiro atoms. The molecule has 130 valence electrons. The quantitative estimate of drug-likeness (QED) is 0.753. The van der Waals surface area contributed by atoms with Crippen molar-refractivity contribution < 1.29 is 4.79 Å². The predicted octanol–water partition coefficient (Wildman–Crippen LogP) is 2.16. The Balaban J connectivity index is 1.71. The van der Waals surface area contributed by atoms with Gasteiger partial charge in [0.2, 0.25) is 11.9 Å². The van der Waals surface area contributed by atoms with Gasteiger partial charge in [-0.25, -0.2) is 4.68 Å². The van der Waals surface area contributed by atoms with Crippen LogP contribution in [0.3, 0.4) is 0 Å². The number of aryl methyl sites for hydroxylation is 1. The molecule has 0 saturated carbocycles. The number of hydrogen-bond acceptors (Lipinski definition) is 6. The molecule has 8 heteroatoms. The summed E-state index contributed by atoms with van der Waals surface area (Å²) in [7, 11) is 0. The number of rotatable bonds is 3. The third-order valence-corrected chi connectivity index (χ3v) is 4.35. The largest absolute Gasteiger partial charge is 0.326 e. The van der Waals surface area contributed by atoms with E-state index in [2.05, 4.69) is 37.7 Å². The van der Waals surface area contributed by atoms with Crippen molar-refractivity contribution in [2.24, 2.45) is 5.92 Å². The Morgan fingerprint density at radius 1 is 1.27 bits per heavy atom. The van der Waals surface area contributed by atoms with E-state index in [0.717, 1.165) is 16.8 Å². The molecule has 0 fully saturated rings. The maximum atomic E-state index is 13.1. The highest BCUT2D eigenvalue weighted by molar-refractivity contribution is 5.95. The summed E-state index contributed by atoms with van der Waals surface area (Å²) in [5, 5.41) is 17.7. The zero-order chi connectivity index (χ0) is 18.1. The summed E-state index contributed by atoms with van der Waals surface area (Å²) in [5.41, 5.74) is 3.21. The van der Waals surface area contributed by atoms with Crippen molar-refractivity contribution in [1.29, 1.82) is 0 Å². The highest BCUT2D eigenvalue weighted by Crippen LogP contribution is 2.37. The number of pyridine rings is 1. The first-order chi connectivity index (χ1) is 12.6. The minimum Gasteiger partial charge on any atom is -0.326 e. The van der Waals surface area contributed by atoms with Gasteiger partial charge in [0.15, 0.2) is 0 Å². The predicted molar refractivity (Wildman–Crippen MR) is 96.3 cm³/mol. The second-order valence-electron chi connectivity index (χ2n) is 6.16. The van der Waals surface area contributed by atoms with Crippen molar-refractivity contribution in [1.82, 2.24) is 25.2 Å². The summed E-state index contributed by atoms with van der Waals surface area (Å²) in [6.45, 7) is 6.02. The Morgan fingerprint density at radius 3 is 2.81 bits per heavy atom. The lowest BCUT2D eigenvalue weighted by atomic mass is 9.89. The second kappa shape index (κ2) is 6.40. The number of tetrazole rings is 1. The molecule has 1 amide bonds. The molecule has 1 aliphatic rings. The van der Waals surface area contributed by atoms with Crippen LogP contribution in [0, 0.1) is 12.8 Å². The van der Waals surface area contributed by atoms with Crippen LogP contribution >= 0.6 is 0 Å². The van der Waals surface area contributed by atoms with Crippen LogP contribution in [0.4, 0.5) is 11.6 Å². The van der Waals surface area contributed by atoms with Crippen molar-refractivity contribution >= 4 is 17.5 Å². The van der Waals surface area contributed by atoms with E-state index in [1.807, 2.05) is 43.3 Å². The standard InChI is InChI=1S/C18H17N7O/c1-11-5-7-14(8-6-11)21-17(26)15-12(2)20-18-22-23-24-25(18)16(15)13-4-3-9-19-10-13/h3-10,15-16H,2H2,1H3,(H,21,26)(H,20,22,24). The molecular weight excluding hydrogens is 330 g/mol. The van der Waals surface area contributed by atoms with Crippen molar-refractivity contribution in [3.63, 3.8) is 0 Å². The molecule has 2 aromatic heterocycles. The summed E-state index contributed by atoms with van der Waals surface area (Å²) in [4.78, 5) is 17.2. The number of amides is 1. The van der Waals surface area contributed by atoms with E-state index >= 15 is 0 Å². The topological polar surface area (TPSA) is 97.6 Å². The van der Waals surface area contributed by atoms with Crippen LogP contribution in [0.1, 0.15) is 17.2 Å². The Kier molecular flexibility index (Phi) is 3.92. The van der Waals surface area contributed by atoms with Crippen molar-refractivity contribution in [3.05, 3.63) is 72.2 Å². The monoisotopic (exact) mass is 347 g/mol. The second-order valence-corrected chi connectivity index (χ2v) is 6.16. The number of aromatic nitrogens is 5. The van der Waals surface area contributed by atoms with Gasteiger partial charge in [0.1, 0.15) is 12.0 Å². The van der Waals surface area contributed by atoms with E-state index in [1.165, 1.54) is 0 Å². The highest BCUT2D eigenvalue weighted by Gasteiger charge is 2.40. The molecule has 1 aromatic carbocycles. The summed E-state index contributed by atoms with van der Waals surface area (Å²) < 4.78 is 1.59. The fourth-order valence-electron chi connectivity index (χ4n) is 3.06. The average molecular weight is 347 g/mol. The van der Waals surface area contributed by atoms with Crippen LogP contribution < -0.4 is 10.6 Å². The van der Waals surface area contributed by atoms with Crippen LogP contribution in [-0.4, -0.2) is 31.1 Å².